The Labute approximate surface area is 116 Å². The fourth-order valence-corrected chi connectivity index (χ4v) is 4.05. The van der Waals surface area contributed by atoms with Gasteiger partial charge >= 0.3 is 0 Å². The molecule has 1 aromatic rings. The van der Waals surface area contributed by atoms with E-state index in [2.05, 4.69) is 5.32 Å². The number of hydrogen-bond donors (Lipinski definition) is 1. The number of nitriles is 1. The number of nitrogens with one attached hydrogen (secondary N) is 1. The van der Waals surface area contributed by atoms with Crippen LogP contribution in [0.15, 0.2) is 18.2 Å². The van der Waals surface area contributed by atoms with Crippen LogP contribution in [0.25, 0.3) is 0 Å². The molecule has 1 aliphatic heterocycles. The first-order valence-electron chi connectivity index (χ1n) is 6.04. The Hall–Kier alpha value is -2.14. The lowest BCUT2D eigenvalue weighted by Crippen LogP contribution is -2.15. The Morgan fingerprint density at radius 3 is 2.80 bits per heavy atom. The molecule has 0 aromatic heterocycles. The van der Waals surface area contributed by atoms with Crippen molar-refractivity contribution in [1.29, 1.82) is 5.26 Å². The number of sulfone groups is 1. The standard InChI is InChI=1S/C12H13N3O4S/c13-6-10-5-11(1-2-12(10)15(16)17)14-7-9-3-4-20(18,19)8-9/h1-2,5,9,14H,3-4,7-8H2. The molecule has 1 fully saturated rings. The van der Waals surface area contributed by atoms with Crippen molar-refractivity contribution in [1.82, 2.24) is 0 Å². The smallest absolute Gasteiger partial charge is 0.287 e. The van der Waals surface area contributed by atoms with Gasteiger partial charge in [0.1, 0.15) is 11.6 Å². The molecule has 1 saturated heterocycles. The maximum atomic E-state index is 11.3. The summed E-state index contributed by atoms with van der Waals surface area (Å²) < 4.78 is 22.7. The summed E-state index contributed by atoms with van der Waals surface area (Å²) in [6.07, 6.45) is 0.618. The third kappa shape index (κ3) is 3.24. The molecule has 2 rings (SSSR count). The van der Waals surface area contributed by atoms with Gasteiger partial charge in [-0.25, -0.2) is 8.42 Å². The first-order chi connectivity index (χ1) is 9.41. The van der Waals surface area contributed by atoms with E-state index in [9.17, 15) is 18.5 Å². The minimum Gasteiger partial charge on any atom is -0.385 e. The van der Waals surface area contributed by atoms with Gasteiger partial charge in [-0.3, -0.25) is 10.1 Å². The number of hydrogen-bond acceptors (Lipinski definition) is 6. The van der Waals surface area contributed by atoms with Crippen LogP contribution in [0.5, 0.6) is 0 Å². The molecule has 1 atom stereocenters. The van der Waals surface area contributed by atoms with Gasteiger partial charge < -0.3 is 5.32 Å². The molecule has 1 aromatic carbocycles. The van der Waals surface area contributed by atoms with Gasteiger partial charge in [0, 0.05) is 18.3 Å². The van der Waals surface area contributed by atoms with Crippen LogP contribution in [0.1, 0.15) is 12.0 Å². The van der Waals surface area contributed by atoms with Crippen LogP contribution in [0, 0.1) is 27.4 Å². The Morgan fingerprint density at radius 2 is 2.25 bits per heavy atom. The molecular formula is C12H13N3O4S. The molecule has 0 spiro atoms. The van der Waals surface area contributed by atoms with Gasteiger partial charge in [-0.05, 0) is 24.5 Å². The minimum absolute atomic E-state index is 0.0148. The second-order valence-corrected chi connectivity index (χ2v) is 6.98. The summed E-state index contributed by atoms with van der Waals surface area (Å²) in [5.74, 6) is 0.418. The quantitative estimate of drug-likeness (QED) is 0.662. The fourth-order valence-electron chi connectivity index (χ4n) is 2.19. The average molecular weight is 295 g/mol. The zero-order valence-electron chi connectivity index (χ0n) is 10.6. The van der Waals surface area contributed by atoms with E-state index in [4.69, 9.17) is 5.26 Å². The Bertz CT molecular complexity index is 678. The summed E-state index contributed by atoms with van der Waals surface area (Å²) in [7, 11) is -2.91. The van der Waals surface area contributed by atoms with Gasteiger partial charge in [-0.15, -0.1) is 0 Å². The highest BCUT2D eigenvalue weighted by Gasteiger charge is 2.27. The van der Waals surface area contributed by atoms with Crippen LogP contribution in [0.4, 0.5) is 11.4 Å². The van der Waals surface area contributed by atoms with Gasteiger partial charge in [0.15, 0.2) is 9.84 Å². The molecule has 8 heteroatoms. The molecule has 0 bridgehead atoms. The monoisotopic (exact) mass is 295 g/mol. The van der Waals surface area contributed by atoms with Crippen LogP contribution in [-0.2, 0) is 9.84 Å². The lowest BCUT2D eigenvalue weighted by molar-refractivity contribution is -0.385. The number of benzene rings is 1. The molecule has 1 heterocycles. The van der Waals surface area contributed by atoms with Crippen LogP contribution < -0.4 is 5.32 Å². The van der Waals surface area contributed by atoms with E-state index in [0.717, 1.165) is 0 Å². The molecule has 1 unspecified atom stereocenters. The second kappa shape index (κ2) is 5.46. The molecule has 1 N–H and O–H groups in total. The molecule has 0 saturated carbocycles. The SMILES string of the molecule is N#Cc1cc(NCC2CCS(=O)(=O)C2)ccc1[N+](=O)[O-]. The third-order valence-electron chi connectivity index (χ3n) is 3.24. The van der Waals surface area contributed by atoms with Crippen molar-refractivity contribution in [3.8, 4) is 6.07 Å². The Balaban J connectivity index is 2.04. The first-order valence-corrected chi connectivity index (χ1v) is 7.86. The fraction of sp³-hybridized carbons (Fsp3) is 0.417. The van der Waals surface area contributed by atoms with Crippen molar-refractivity contribution in [3.05, 3.63) is 33.9 Å². The number of nitro benzene ring substituents is 1. The third-order valence-corrected chi connectivity index (χ3v) is 5.07. The van der Waals surface area contributed by atoms with Gasteiger partial charge in [0.2, 0.25) is 0 Å². The van der Waals surface area contributed by atoms with E-state index in [1.807, 2.05) is 0 Å². The van der Waals surface area contributed by atoms with Crippen molar-refractivity contribution >= 4 is 21.2 Å². The van der Waals surface area contributed by atoms with Crippen molar-refractivity contribution in [2.24, 2.45) is 5.92 Å². The van der Waals surface area contributed by atoms with Crippen molar-refractivity contribution < 1.29 is 13.3 Å². The number of anilines is 1. The number of nitrogens with zero attached hydrogens (tertiary/aromatic N) is 2. The number of rotatable bonds is 4. The zero-order chi connectivity index (χ0) is 14.8. The van der Waals surface area contributed by atoms with Gasteiger partial charge in [-0.2, -0.15) is 5.26 Å². The van der Waals surface area contributed by atoms with E-state index in [-0.39, 0.29) is 28.7 Å². The topological polar surface area (TPSA) is 113 Å². The normalized spacial score (nSPS) is 20.2. The Morgan fingerprint density at radius 1 is 1.50 bits per heavy atom. The second-order valence-electron chi connectivity index (χ2n) is 4.75. The highest BCUT2D eigenvalue weighted by atomic mass is 32.2. The molecule has 20 heavy (non-hydrogen) atoms. The summed E-state index contributed by atoms with van der Waals surface area (Å²) in [4.78, 5) is 10.1. The molecule has 0 amide bonds. The van der Waals surface area contributed by atoms with Crippen molar-refractivity contribution in [3.63, 3.8) is 0 Å². The van der Waals surface area contributed by atoms with Crippen molar-refractivity contribution in [2.45, 2.75) is 6.42 Å². The highest BCUT2D eigenvalue weighted by molar-refractivity contribution is 7.91. The van der Waals surface area contributed by atoms with E-state index in [1.165, 1.54) is 18.2 Å². The molecular weight excluding hydrogens is 282 g/mol. The lowest BCUT2D eigenvalue weighted by Gasteiger charge is -2.11. The predicted molar refractivity (Wildman–Crippen MR) is 73.1 cm³/mol. The molecule has 1 aliphatic rings. The number of nitro groups is 1. The van der Waals surface area contributed by atoms with E-state index in [0.29, 0.717) is 18.7 Å². The van der Waals surface area contributed by atoms with Crippen molar-refractivity contribution in [2.75, 3.05) is 23.4 Å². The maximum Gasteiger partial charge on any atom is 0.287 e. The molecule has 106 valence electrons. The van der Waals surface area contributed by atoms with Crippen LogP contribution in [0.3, 0.4) is 0 Å². The largest absolute Gasteiger partial charge is 0.385 e. The maximum absolute atomic E-state index is 11.3. The van der Waals surface area contributed by atoms with Crippen LogP contribution >= 0.6 is 0 Å². The first kappa shape index (κ1) is 14.3. The zero-order valence-corrected chi connectivity index (χ0v) is 11.4. The summed E-state index contributed by atoms with van der Waals surface area (Å²) in [6, 6.07) is 5.97. The van der Waals surface area contributed by atoms with E-state index in [1.54, 1.807) is 6.07 Å². The summed E-state index contributed by atoms with van der Waals surface area (Å²) in [6.45, 7) is 0.474. The van der Waals surface area contributed by atoms with Crippen LogP contribution in [-0.4, -0.2) is 31.4 Å². The lowest BCUT2D eigenvalue weighted by atomic mass is 10.1. The summed E-state index contributed by atoms with van der Waals surface area (Å²) in [5, 5.41) is 22.6. The molecule has 7 nitrogen and oxygen atoms in total. The average Bonchev–Trinajstić information content (AvgIpc) is 2.75. The molecule has 0 radical (unpaired) electrons. The van der Waals surface area contributed by atoms with Gasteiger partial charge in [-0.1, -0.05) is 0 Å². The molecule has 0 aliphatic carbocycles. The highest BCUT2D eigenvalue weighted by Crippen LogP contribution is 2.23. The van der Waals surface area contributed by atoms with Gasteiger partial charge in [0.05, 0.1) is 16.4 Å². The predicted octanol–water partition coefficient (Wildman–Crippen LogP) is 1.31. The van der Waals surface area contributed by atoms with Crippen LogP contribution in [0.2, 0.25) is 0 Å². The van der Waals surface area contributed by atoms with Gasteiger partial charge in [0.25, 0.3) is 5.69 Å². The minimum atomic E-state index is -2.91. The van der Waals surface area contributed by atoms with E-state index < -0.39 is 14.8 Å². The summed E-state index contributed by atoms with van der Waals surface area (Å²) in [5.41, 5.74) is 0.331. The van der Waals surface area contributed by atoms with E-state index >= 15 is 0 Å². The Kier molecular flexibility index (Phi) is 3.90. The summed E-state index contributed by atoms with van der Waals surface area (Å²) >= 11 is 0.